The number of hydrogen-bond donors (Lipinski definition) is 0. The summed E-state index contributed by atoms with van der Waals surface area (Å²) in [6.07, 6.45) is 16.5. The smallest absolute Gasteiger partial charge is 0.0209 e. The molecule has 294 valence electrons. The van der Waals surface area contributed by atoms with Gasteiger partial charge in [0.15, 0.2) is 0 Å². The second kappa shape index (κ2) is 14.8. The van der Waals surface area contributed by atoms with Crippen LogP contribution < -0.4 is 0 Å². The minimum absolute atomic E-state index is 0.000817. The molecular formula is C53H70S2. The summed E-state index contributed by atoms with van der Waals surface area (Å²) >= 11 is 4.13. The monoisotopic (exact) mass is 770 g/mol. The second-order valence-corrected chi connectivity index (χ2v) is 24.9. The van der Waals surface area contributed by atoms with Gasteiger partial charge in [-0.15, -0.1) is 0 Å². The molecule has 8 rings (SSSR count). The van der Waals surface area contributed by atoms with Crippen molar-refractivity contribution in [3.05, 3.63) is 140 Å². The molecule has 0 spiro atoms. The Morgan fingerprint density at radius 3 is 0.727 bits per heavy atom. The van der Waals surface area contributed by atoms with Gasteiger partial charge in [0.05, 0.1) is 0 Å². The molecule has 0 amide bonds. The number of fused-ring (bicyclic) bond motifs is 11. The average molecular weight is 771 g/mol. The molecule has 55 heavy (non-hydrogen) atoms. The van der Waals surface area contributed by atoms with Crippen molar-refractivity contribution < 1.29 is 0 Å². The van der Waals surface area contributed by atoms with E-state index >= 15 is 0 Å². The lowest BCUT2D eigenvalue weighted by Gasteiger charge is -2.33. The Kier molecular flexibility index (Phi) is 10.9. The van der Waals surface area contributed by atoms with Crippen LogP contribution >= 0.6 is 23.5 Å². The molecule has 2 heteroatoms. The third kappa shape index (κ3) is 10.0. The fraction of sp³-hybridized carbons (Fsp3) is 0.547. The SMILES string of the molecule is CSC1(C)Cc2cc3cc(c2)CC(C)(C)Cc2cc4cc(c2)C(C)(C)Cc2cc(cc(c2)CC(C)(SC)Cc2cc(cc(c2)C1)CC(C)(C)C4)CC(C)(C)C3. The molecule has 2 atom stereocenters. The van der Waals surface area contributed by atoms with Crippen LogP contribution in [0.5, 0.6) is 0 Å². The lowest BCUT2D eigenvalue weighted by atomic mass is 9.73. The molecule has 0 heterocycles. The number of benzene rings is 4. The van der Waals surface area contributed by atoms with Crippen LogP contribution in [0.25, 0.3) is 0 Å². The first-order valence-electron chi connectivity index (χ1n) is 21.2. The van der Waals surface area contributed by atoms with E-state index in [1.165, 1.54) is 66.8 Å². The number of rotatable bonds is 2. The molecule has 4 aromatic rings. The molecule has 0 saturated carbocycles. The molecule has 4 aromatic carbocycles. The lowest BCUT2D eigenvalue weighted by Crippen LogP contribution is -2.29. The summed E-state index contributed by atoms with van der Waals surface area (Å²) in [5.41, 5.74) is 18.5. The molecular weight excluding hydrogens is 701 g/mol. The van der Waals surface area contributed by atoms with Crippen LogP contribution in [0.2, 0.25) is 0 Å². The Hall–Kier alpha value is -2.42. The maximum Gasteiger partial charge on any atom is 0.0209 e. The summed E-state index contributed by atoms with van der Waals surface area (Å²) in [5, 5.41) is 0. The van der Waals surface area contributed by atoms with Gasteiger partial charge in [-0.25, -0.2) is 0 Å². The normalized spacial score (nSPS) is 25.5. The number of hydrogen-bond acceptors (Lipinski definition) is 2. The zero-order valence-electron chi connectivity index (χ0n) is 36.5. The van der Waals surface area contributed by atoms with Crippen molar-refractivity contribution in [3.63, 3.8) is 0 Å². The van der Waals surface area contributed by atoms with Crippen molar-refractivity contribution in [2.75, 3.05) is 12.5 Å². The Bertz CT molecular complexity index is 2060. The van der Waals surface area contributed by atoms with Crippen LogP contribution in [-0.2, 0) is 76.0 Å². The summed E-state index contributed by atoms with van der Waals surface area (Å²) in [4.78, 5) is 0. The van der Waals surface area contributed by atoms with Crippen molar-refractivity contribution in [2.45, 2.75) is 155 Å². The highest BCUT2D eigenvalue weighted by atomic mass is 32.2. The summed E-state index contributed by atoms with van der Waals surface area (Å²) in [6.45, 7) is 25.2. The average Bonchev–Trinajstić information content (AvgIpc) is 3.01. The minimum Gasteiger partial charge on any atom is -0.158 e. The van der Waals surface area contributed by atoms with Gasteiger partial charge in [-0.05, 0) is 185 Å². The van der Waals surface area contributed by atoms with E-state index in [-0.39, 0.29) is 31.2 Å². The summed E-state index contributed by atoms with van der Waals surface area (Å²) in [6, 6.07) is 31.1. The minimum atomic E-state index is -0.000817. The van der Waals surface area contributed by atoms with E-state index in [1.54, 1.807) is 0 Å². The van der Waals surface area contributed by atoms with E-state index in [2.05, 4.69) is 178 Å². The van der Waals surface area contributed by atoms with Crippen molar-refractivity contribution in [1.82, 2.24) is 0 Å². The van der Waals surface area contributed by atoms with Gasteiger partial charge in [0.1, 0.15) is 0 Å². The standard InChI is InChI=1S/C53H70S2/c1-48(2)25-36-13-37-16-41(15-36)32-52(9,54-11)34-43-18-39-19-44(21-43)35-53(10,55-12)33-42-17-38(27-48)14-40(20-42)31-51(7,8)47-23-45(29-49(3,4)26-37)22-46(24-47)30-50(5,6)28-39/h13-24H,25-35H2,1-12H3. The maximum absolute atomic E-state index is 2.60. The van der Waals surface area contributed by atoms with Gasteiger partial charge in [-0.2, -0.15) is 23.5 Å². The first-order valence-corrected chi connectivity index (χ1v) is 23.6. The quantitative estimate of drug-likeness (QED) is 0.199. The zero-order valence-corrected chi connectivity index (χ0v) is 38.2. The first-order chi connectivity index (χ1) is 25.6. The van der Waals surface area contributed by atoms with Crippen molar-refractivity contribution >= 4 is 23.5 Å². The molecule has 0 radical (unpaired) electrons. The third-order valence-corrected chi connectivity index (χ3v) is 15.8. The van der Waals surface area contributed by atoms with Crippen LogP contribution in [0.4, 0.5) is 0 Å². The van der Waals surface area contributed by atoms with Crippen LogP contribution in [0.1, 0.15) is 136 Å². The predicted molar refractivity (Wildman–Crippen MR) is 245 cm³/mol. The Labute approximate surface area is 344 Å². The van der Waals surface area contributed by atoms with Crippen LogP contribution in [0.3, 0.4) is 0 Å². The van der Waals surface area contributed by atoms with Crippen LogP contribution in [-0.4, -0.2) is 22.0 Å². The highest BCUT2D eigenvalue weighted by Crippen LogP contribution is 2.41. The van der Waals surface area contributed by atoms with Gasteiger partial charge in [-0.3, -0.25) is 0 Å². The van der Waals surface area contributed by atoms with Gasteiger partial charge in [0.2, 0.25) is 0 Å². The summed E-state index contributed by atoms with van der Waals surface area (Å²) in [7, 11) is 0. The van der Waals surface area contributed by atoms with E-state index in [1.807, 2.05) is 0 Å². The molecule has 4 aliphatic rings. The van der Waals surface area contributed by atoms with Crippen molar-refractivity contribution in [3.8, 4) is 0 Å². The fourth-order valence-electron chi connectivity index (χ4n) is 11.1. The molecule has 0 fully saturated rings. The van der Waals surface area contributed by atoms with E-state index < -0.39 is 0 Å². The second-order valence-electron chi connectivity index (χ2n) is 22.1. The molecule has 12 bridgehead atoms. The Balaban J connectivity index is 1.56. The van der Waals surface area contributed by atoms with E-state index in [0.717, 1.165) is 70.6 Å². The van der Waals surface area contributed by atoms with Crippen LogP contribution in [0, 0.1) is 16.2 Å². The highest BCUT2D eigenvalue weighted by Gasteiger charge is 2.33. The summed E-state index contributed by atoms with van der Waals surface area (Å²) in [5.74, 6) is 0. The molecule has 2 unspecified atom stereocenters. The van der Waals surface area contributed by atoms with Crippen molar-refractivity contribution in [1.29, 1.82) is 0 Å². The fourth-order valence-corrected chi connectivity index (χ4v) is 12.3. The van der Waals surface area contributed by atoms with Gasteiger partial charge >= 0.3 is 0 Å². The van der Waals surface area contributed by atoms with E-state index in [4.69, 9.17) is 0 Å². The van der Waals surface area contributed by atoms with E-state index in [9.17, 15) is 0 Å². The number of thioether (sulfide) groups is 2. The first kappa shape index (κ1) is 40.8. The molecule has 0 aromatic heterocycles. The topological polar surface area (TPSA) is 0 Å². The summed E-state index contributed by atoms with van der Waals surface area (Å²) < 4.78 is 0.182. The molecule has 0 N–H and O–H groups in total. The highest BCUT2D eigenvalue weighted by molar-refractivity contribution is 8.00. The molecule has 0 aliphatic heterocycles. The van der Waals surface area contributed by atoms with Gasteiger partial charge in [0, 0.05) is 9.49 Å². The Morgan fingerprint density at radius 2 is 0.491 bits per heavy atom. The Morgan fingerprint density at radius 1 is 0.291 bits per heavy atom. The molecule has 0 nitrogen and oxygen atoms in total. The lowest BCUT2D eigenvalue weighted by molar-refractivity contribution is 0.353. The largest absolute Gasteiger partial charge is 0.158 e. The molecule has 4 aliphatic carbocycles. The van der Waals surface area contributed by atoms with Crippen molar-refractivity contribution in [2.24, 2.45) is 16.2 Å². The van der Waals surface area contributed by atoms with Gasteiger partial charge in [-0.1, -0.05) is 128 Å². The van der Waals surface area contributed by atoms with E-state index in [0.29, 0.717) is 0 Å². The van der Waals surface area contributed by atoms with Gasteiger partial charge < -0.3 is 0 Å². The predicted octanol–water partition coefficient (Wildman–Crippen LogP) is 13.4. The van der Waals surface area contributed by atoms with Gasteiger partial charge in [0.25, 0.3) is 0 Å². The maximum atomic E-state index is 2.60. The zero-order chi connectivity index (χ0) is 39.6. The van der Waals surface area contributed by atoms with Crippen LogP contribution in [0.15, 0.2) is 72.8 Å². The third-order valence-electron chi connectivity index (χ3n) is 13.2. The molecule has 0 saturated heterocycles.